The molecule has 138 valence electrons. The van der Waals surface area contributed by atoms with Crippen molar-refractivity contribution in [3.63, 3.8) is 0 Å². The molecule has 1 amide bonds. The van der Waals surface area contributed by atoms with Gasteiger partial charge in [-0.25, -0.2) is 0 Å². The van der Waals surface area contributed by atoms with Gasteiger partial charge in [0.05, 0.1) is 19.1 Å². The van der Waals surface area contributed by atoms with Gasteiger partial charge in [-0.2, -0.15) is 0 Å². The van der Waals surface area contributed by atoms with Crippen molar-refractivity contribution in [1.82, 2.24) is 5.32 Å². The summed E-state index contributed by atoms with van der Waals surface area (Å²) in [6.45, 7) is 2.75. The Bertz CT molecular complexity index is 716. The highest BCUT2D eigenvalue weighted by atomic mass is 16.5. The van der Waals surface area contributed by atoms with Crippen LogP contribution in [0.25, 0.3) is 0 Å². The van der Waals surface area contributed by atoms with E-state index < -0.39 is 0 Å². The van der Waals surface area contributed by atoms with E-state index in [0.29, 0.717) is 6.61 Å². The minimum atomic E-state index is -0.158. The lowest BCUT2D eigenvalue weighted by molar-refractivity contribution is -0.135. The molecule has 1 aliphatic rings. The highest BCUT2D eigenvalue weighted by molar-refractivity contribution is 5.80. The fraction of sp³-hybridized carbons (Fsp3) is 0.409. The zero-order valence-electron chi connectivity index (χ0n) is 15.5. The first-order valence-corrected chi connectivity index (χ1v) is 9.27. The molecule has 0 radical (unpaired) electrons. The van der Waals surface area contributed by atoms with Crippen molar-refractivity contribution in [1.29, 1.82) is 0 Å². The summed E-state index contributed by atoms with van der Waals surface area (Å²) in [7, 11) is 1.66. The number of ether oxygens (including phenoxy) is 2. The molecule has 0 saturated carbocycles. The van der Waals surface area contributed by atoms with Gasteiger partial charge in [-0.1, -0.05) is 42.5 Å². The third-order valence-electron chi connectivity index (χ3n) is 4.85. The minimum absolute atomic E-state index is 0.0490. The zero-order valence-corrected chi connectivity index (χ0v) is 15.5. The smallest absolute Gasteiger partial charge is 0.226 e. The van der Waals surface area contributed by atoms with E-state index in [1.807, 2.05) is 55.5 Å². The van der Waals surface area contributed by atoms with Gasteiger partial charge in [0.15, 0.2) is 0 Å². The lowest BCUT2D eigenvalue weighted by atomic mass is 9.88. The van der Waals surface area contributed by atoms with Gasteiger partial charge >= 0.3 is 0 Å². The minimum Gasteiger partial charge on any atom is -0.497 e. The molecule has 0 aliphatic carbocycles. The van der Waals surface area contributed by atoms with E-state index in [9.17, 15) is 4.79 Å². The largest absolute Gasteiger partial charge is 0.497 e. The van der Waals surface area contributed by atoms with E-state index in [2.05, 4.69) is 11.4 Å². The lowest BCUT2D eigenvalue weighted by Crippen LogP contribution is -2.42. The van der Waals surface area contributed by atoms with E-state index in [1.165, 1.54) is 0 Å². The van der Waals surface area contributed by atoms with Gasteiger partial charge in [0.2, 0.25) is 5.91 Å². The van der Waals surface area contributed by atoms with Crippen LogP contribution in [0.15, 0.2) is 54.6 Å². The standard InChI is InChI=1S/C22H27NO3/c1-16(14-17-8-6-11-19(15-17)25-2)23-22(24)20-12-7-13-26-21(20)18-9-4-3-5-10-18/h3-6,8-11,15-16,20-21H,7,12-14H2,1-2H3,(H,23,24). The molecule has 2 aromatic rings. The van der Waals surface area contributed by atoms with Gasteiger partial charge < -0.3 is 14.8 Å². The molecule has 4 heteroatoms. The molecule has 1 N–H and O–H groups in total. The first-order chi connectivity index (χ1) is 12.7. The number of nitrogens with one attached hydrogen (secondary N) is 1. The summed E-state index contributed by atoms with van der Waals surface area (Å²) in [4.78, 5) is 12.9. The van der Waals surface area contributed by atoms with Crippen LogP contribution in [-0.4, -0.2) is 25.7 Å². The van der Waals surface area contributed by atoms with Crippen LogP contribution < -0.4 is 10.1 Å². The molecular formula is C22H27NO3. The van der Waals surface area contributed by atoms with Crippen molar-refractivity contribution in [3.05, 3.63) is 65.7 Å². The number of carbonyl (C=O) groups is 1. The first-order valence-electron chi connectivity index (χ1n) is 9.27. The summed E-state index contributed by atoms with van der Waals surface area (Å²) >= 11 is 0. The summed E-state index contributed by atoms with van der Waals surface area (Å²) in [5.41, 5.74) is 2.23. The quantitative estimate of drug-likeness (QED) is 0.856. The fourth-order valence-corrected chi connectivity index (χ4v) is 3.57. The molecule has 4 nitrogen and oxygen atoms in total. The van der Waals surface area contributed by atoms with Crippen molar-refractivity contribution in [2.24, 2.45) is 5.92 Å². The Morgan fingerprint density at radius 2 is 2.04 bits per heavy atom. The van der Waals surface area contributed by atoms with Crippen molar-refractivity contribution < 1.29 is 14.3 Å². The number of amides is 1. The number of benzene rings is 2. The highest BCUT2D eigenvalue weighted by Gasteiger charge is 2.33. The Morgan fingerprint density at radius 1 is 1.23 bits per heavy atom. The van der Waals surface area contributed by atoms with Gasteiger partial charge in [0.25, 0.3) is 0 Å². The second kappa shape index (κ2) is 8.86. The monoisotopic (exact) mass is 353 g/mol. The van der Waals surface area contributed by atoms with Crippen LogP contribution in [0.1, 0.15) is 37.0 Å². The van der Waals surface area contributed by atoms with E-state index in [4.69, 9.17) is 9.47 Å². The Kier molecular flexibility index (Phi) is 6.29. The molecule has 0 bridgehead atoms. The van der Waals surface area contributed by atoms with Crippen LogP contribution in [0.3, 0.4) is 0 Å². The molecule has 1 aliphatic heterocycles. The molecule has 3 atom stereocenters. The van der Waals surface area contributed by atoms with E-state index >= 15 is 0 Å². The number of methoxy groups -OCH3 is 1. The van der Waals surface area contributed by atoms with Crippen LogP contribution in [-0.2, 0) is 16.0 Å². The number of hydrogen-bond acceptors (Lipinski definition) is 3. The van der Waals surface area contributed by atoms with Crippen LogP contribution in [0.5, 0.6) is 5.75 Å². The third kappa shape index (κ3) is 4.64. The van der Waals surface area contributed by atoms with Gasteiger partial charge in [-0.05, 0) is 49.4 Å². The summed E-state index contributed by atoms with van der Waals surface area (Å²) in [5.74, 6) is 0.777. The normalized spacial score (nSPS) is 21.0. The van der Waals surface area contributed by atoms with Gasteiger partial charge in [0.1, 0.15) is 5.75 Å². The second-order valence-corrected chi connectivity index (χ2v) is 6.92. The first kappa shape index (κ1) is 18.5. The maximum atomic E-state index is 12.9. The summed E-state index contributed by atoms with van der Waals surface area (Å²) in [6.07, 6.45) is 2.39. The average molecular weight is 353 g/mol. The van der Waals surface area contributed by atoms with Crippen LogP contribution in [0.4, 0.5) is 0 Å². The molecule has 26 heavy (non-hydrogen) atoms. The summed E-state index contributed by atoms with van der Waals surface area (Å²) < 4.78 is 11.2. The van der Waals surface area contributed by atoms with Gasteiger partial charge in [-0.15, -0.1) is 0 Å². The molecule has 3 rings (SSSR count). The van der Waals surface area contributed by atoms with E-state index in [1.54, 1.807) is 7.11 Å². The fourth-order valence-electron chi connectivity index (χ4n) is 3.57. The highest BCUT2D eigenvalue weighted by Crippen LogP contribution is 2.33. The summed E-state index contributed by atoms with van der Waals surface area (Å²) in [5, 5.41) is 3.18. The predicted octanol–water partition coefficient (Wildman–Crippen LogP) is 3.91. The molecule has 0 spiro atoms. The Labute approximate surface area is 155 Å². The zero-order chi connectivity index (χ0) is 18.4. The molecule has 1 heterocycles. The maximum Gasteiger partial charge on any atom is 0.226 e. The molecule has 0 aromatic heterocycles. The maximum absolute atomic E-state index is 12.9. The number of hydrogen-bond donors (Lipinski definition) is 1. The van der Waals surface area contributed by atoms with E-state index in [0.717, 1.165) is 36.1 Å². The van der Waals surface area contributed by atoms with Crippen molar-refractivity contribution in [3.8, 4) is 5.75 Å². The Hall–Kier alpha value is -2.33. The average Bonchev–Trinajstić information content (AvgIpc) is 2.68. The van der Waals surface area contributed by atoms with Crippen LogP contribution in [0, 0.1) is 5.92 Å². The van der Waals surface area contributed by atoms with Gasteiger partial charge in [0, 0.05) is 12.6 Å². The Morgan fingerprint density at radius 3 is 2.81 bits per heavy atom. The topological polar surface area (TPSA) is 47.6 Å². The molecule has 1 saturated heterocycles. The molecule has 2 aromatic carbocycles. The third-order valence-corrected chi connectivity index (χ3v) is 4.85. The molecular weight excluding hydrogens is 326 g/mol. The van der Waals surface area contributed by atoms with Gasteiger partial charge in [-0.3, -0.25) is 4.79 Å². The predicted molar refractivity (Wildman–Crippen MR) is 102 cm³/mol. The van der Waals surface area contributed by atoms with Crippen molar-refractivity contribution in [2.75, 3.05) is 13.7 Å². The summed E-state index contributed by atoms with van der Waals surface area (Å²) in [6, 6.07) is 18.1. The van der Waals surface area contributed by atoms with E-state index in [-0.39, 0.29) is 24.0 Å². The number of rotatable bonds is 6. The van der Waals surface area contributed by atoms with Crippen LogP contribution >= 0.6 is 0 Å². The van der Waals surface area contributed by atoms with Crippen LogP contribution in [0.2, 0.25) is 0 Å². The van der Waals surface area contributed by atoms with Crippen molar-refractivity contribution >= 4 is 5.91 Å². The molecule has 1 fully saturated rings. The SMILES string of the molecule is COc1cccc(CC(C)NC(=O)C2CCCOC2c2ccccc2)c1. The second-order valence-electron chi connectivity index (χ2n) is 6.92. The lowest BCUT2D eigenvalue weighted by Gasteiger charge is -2.32. The Balaban J connectivity index is 1.63. The number of carbonyl (C=O) groups excluding carboxylic acids is 1. The van der Waals surface area contributed by atoms with Crippen molar-refractivity contribution in [2.45, 2.75) is 38.3 Å². The molecule has 3 unspecified atom stereocenters.